The van der Waals surface area contributed by atoms with Crippen LogP contribution in [0.15, 0.2) is 24.3 Å². The average Bonchev–Trinajstić information content (AvgIpc) is 2.36. The van der Waals surface area contributed by atoms with Crippen molar-refractivity contribution in [2.75, 3.05) is 27.2 Å². The van der Waals surface area contributed by atoms with Crippen LogP contribution in [0.5, 0.6) is 0 Å². The van der Waals surface area contributed by atoms with Crippen LogP contribution in [-0.2, 0) is 11.3 Å². The Morgan fingerprint density at radius 1 is 1.26 bits per heavy atom. The van der Waals surface area contributed by atoms with Crippen molar-refractivity contribution in [3.8, 4) is 0 Å². The van der Waals surface area contributed by atoms with Crippen LogP contribution in [0.4, 0.5) is 4.79 Å². The van der Waals surface area contributed by atoms with Gasteiger partial charge in [-0.2, -0.15) is 0 Å². The monoisotopic (exact) mass is 264 g/mol. The van der Waals surface area contributed by atoms with E-state index in [2.05, 4.69) is 31.3 Å². The molecule has 106 valence electrons. The van der Waals surface area contributed by atoms with Gasteiger partial charge in [-0.15, -0.1) is 0 Å². The van der Waals surface area contributed by atoms with Crippen molar-refractivity contribution < 1.29 is 9.53 Å². The number of rotatable bonds is 6. The molecular formula is C15H24N2O2. The van der Waals surface area contributed by atoms with E-state index in [4.69, 9.17) is 4.74 Å². The van der Waals surface area contributed by atoms with Gasteiger partial charge in [-0.3, -0.25) is 0 Å². The predicted octanol–water partition coefficient (Wildman–Crippen LogP) is 2.60. The molecule has 0 radical (unpaired) electrons. The number of amides is 1. The summed E-state index contributed by atoms with van der Waals surface area (Å²) >= 11 is 0. The van der Waals surface area contributed by atoms with E-state index < -0.39 is 0 Å². The minimum Gasteiger partial charge on any atom is -0.445 e. The number of ether oxygens (including phenoxy) is 1. The van der Waals surface area contributed by atoms with Crippen LogP contribution in [-0.4, -0.2) is 38.2 Å². The molecule has 0 saturated carbocycles. The van der Waals surface area contributed by atoms with Crippen LogP contribution in [0.2, 0.25) is 0 Å². The Bertz CT molecular complexity index is 386. The fourth-order valence-corrected chi connectivity index (χ4v) is 1.58. The first kappa shape index (κ1) is 15.5. The zero-order chi connectivity index (χ0) is 14.3. The van der Waals surface area contributed by atoms with E-state index in [0.717, 1.165) is 12.1 Å². The summed E-state index contributed by atoms with van der Waals surface area (Å²) in [5, 5.41) is 2.71. The van der Waals surface area contributed by atoms with E-state index in [9.17, 15) is 4.79 Å². The van der Waals surface area contributed by atoms with E-state index in [1.165, 1.54) is 5.56 Å². The fraction of sp³-hybridized carbons (Fsp3) is 0.533. The van der Waals surface area contributed by atoms with Gasteiger partial charge in [0.15, 0.2) is 0 Å². The first-order chi connectivity index (χ1) is 8.99. The SMILES string of the molecule is CC(C)c1ccc(COC(=O)NCCN(C)C)cc1. The Kier molecular flexibility index (Phi) is 6.36. The molecule has 1 rings (SSSR count). The van der Waals surface area contributed by atoms with Gasteiger partial charge in [-0.25, -0.2) is 4.79 Å². The number of hydrogen-bond donors (Lipinski definition) is 1. The van der Waals surface area contributed by atoms with Crippen LogP contribution in [0, 0.1) is 0 Å². The van der Waals surface area contributed by atoms with E-state index >= 15 is 0 Å². The number of benzene rings is 1. The first-order valence-electron chi connectivity index (χ1n) is 6.63. The molecule has 19 heavy (non-hydrogen) atoms. The highest BCUT2D eigenvalue weighted by Gasteiger charge is 2.03. The maximum absolute atomic E-state index is 11.4. The molecule has 0 atom stereocenters. The highest BCUT2D eigenvalue weighted by Crippen LogP contribution is 2.14. The van der Waals surface area contributed by atoms with Gasteiger partial charge >= 0.3 is 6.09 Å². The highest BCUT2D eigenvalue weighted by molar-refractivity contribution is 5.67. The van der Waals surface area contributed by atoms with Gasteiger partial charge in [0.25, 0.3) is 0 Å². The number of nitrogens with zero attached hydrogens (tertiary/aromatic N) is 1. The van der Waals surface area contributed by atoms with E-state index in [1.54, 1.807) is 0 Å². The molecule has 0 bridgehead atoms. The van der Waals surface area contributed by atoms with Crippen molar-refractivity contribution in [2.24, 2.45) is 0 Å². The summed E-state index contributed by atoms with van der Waals surface area (Å²) in [6, 6.07) is 8.16. The van der Waals surface area contributed by atoms with Gasteiger partial charge in [0.2, 0.25) is 0 Å². The van der Waals surface area contributed by atoms with Gasteiger partial charge < -0.3 is 15.0 Å². The Morgan fingerprint density at radius 2 is 1.89 bits per heavy atom. The van der Waals surface area contributed by atoms with Crippen molar-refractivity contribution in [3.05, 3.63) is 35.4 Å². The van der Waals surface area contributed by atoms with Crippen molar-refractivity contribution in [1.82, 2.24) is 10.2 Å². The highest BCUT2D eigenvalue weighted by atomic mass is 16.5. The summed E-state index contributed by atoms with van der Waals surface area (Å²) in [6.07, 6.45) is -0.366. The number of likely N-dealkylation sites (N-methyl/N-ethyl adjacent to an activating group) is 1. The second kappa shape index (κ2) is 7.79. The molecule has 0 aliphatic heterocycles. The third-order valence-electron chi connectivity index (χ3n) is 2.84. The third kappa shape index (κ3) is 6.25. The van der Waals surface area contributed by atoms with Gasteiger partial charge in [0.1, 0.15) is 6.61 Å². The molecule has 0 saturated heterocycles. The number of alkyl carbamates (subject to hydrolysis) is 1. The fourth-order valence-electron chi connectivity index (χ4n) is 1.58. The van der Waals surface area contributed by atoms with Gasteiger partial charge in [-0.1, -0.05) is 38.1 Å². The zero-order valence-corrected chi connectivity index (χ0v) is 12.3. The van der Waals surface area contributed by atoms with Gasteiger partial charge in [0, 0.05) is 13.1 Å². The molecule has 0 unspecified atom stereocenters. The normalized spacial score (nSPS) is 10.8. The van der Waals surface area contributed by atoms with Gasteiger partial charge in [0.05, 0.1) is 0 Å². The molecule has 1 aromatic carbocycles. The van der Waals surface area contributed by atoms with Crippen molar-refractivity contribution in [2.45, 2.75) is 26.4 Å². The molecule has 0 fully saturated rings. The Morgan fingerprint density at radius 3 is 2.42 bits per heavy atom. The molecule has 1 aromatic rings. The van der Waals surface area contributed by atoms with Crippen LogP contribution >= 0.6 is 0 Å². The summed E-state index contributed by atoms with van der Waals surface area (Å²) in [5.41, 5.74) is 2.30. The lowest BCUT2D eigenvalue weighted by Gasteiger charge is -2.11. The number of carbonyl (C=O) groups is 1. The lowest BCUT2D eigenvalue weighted by atomic mass is 10.0. The number of nitrogens with one attached hydrogen (secondary N) is 1. The largest absolute Gasteiger partial charge is 0.445 e. The molecule has 0 aliphatic rings. The van der Waals surface area contributed by atoms with Crippen molar-refractivity contribution >= 4 is 6.09 Å². The molecule has 0 spiro atoms. The standard InChI is InChI=1S/C15H24N2O2/c1-12(2)14-7-5-13(6-8-14)11-19-15(18)16-9-10-17(3)4/h5-8,12H,9-11H2,1-4H3,(H,16,18). The predicted molar refractivity (Wildman–Crippen MR) is 77.3 cm³/mol. The third-order valence-corrected chi connectivity index (χ3v) is 2.84. The second-order valence-electron chi connectivity index (χ2n) is 5.20. The second-order valence-corrected chi connectivity index (χ2v) is 5.20. The lowest BCUT2D eigenvalue weighted by Crippen LogP contribution is -2.31. The number of carbonyl (C=O) groups excluding carboxylic acids is 1. The van der Waals surface area contributed by atoms with Crippen molar-refractivity contribution in [3.63, 3.8) is 0 Å². The minimum atomic E-state index is -0.366. The van der Waals surface area contributed by atoms with Crippen LogP contribution in [0.1, 0.15) is 30.9 Å². The maximum atomic E-state index is 11.4. The molecule has 0 aliphatic carbocycles. The lowest BCUT2D eigenvalue weighted by molar-refractivity contribution is 0.139. The van der Waals surface area contributed by atoms with E-state index in [1.807, 2.05) is 31.1 Å². The van der Waals surface area contributed by atoms with Crippen LogP contribution in [0.3, 0.4) is 0 Å². The summed E-state index contributed by atoms with van der Waals surface area (Å²) in [6.45, 7) is 6.02. The zero-order valence-electron chi connectivity index (χ0n) is 12.3. The van der Waals surface area contributed by atoms with Crippen LogP contribution in [0.25, 0.3) is 0 Å². The Hall–Kier alpha value is -1.55. The van der Waals surface area contributed by atoms with Gasteiger partial charge in [-0.05, 0) is 31.1 Å². The Labute approximate surface area is 115 Å². The summed E-state index contributed by atoms with van der Waals surface area (Å²) in [5.74, 6) is 0.518. The average molecular weight is 264 g/mol. The summed E-state index contributed by atoms with van der Waals surface area (Å²) in [7, 11) is 3.92. The first-order valence-corrected chi connectivity index (χ1v) is 6.63. The number of hydrogen-bond acceptors (Lipinski definition) is 3. The quantitative estimate of drug-likeness (QED) is 0.858. The maximum Gasteiger partial charge on any atom is 0.407 e. The van der Waals surface area contributed by atoms with E-state index in [-0.39, 0.29) is 6.09 Å². The summed E-state index contributed by atoms with van der Waals surface area (Å²) in [4.78, 5) is 13.4. The molecule has 0 heterocycles. The minimum absolute atomic E-state index is 0.312. The van der Waals surface area contributed by atoms with Crippen molar-refractivity contribution in [1.29, 1.82) is 0 Å². The molecule has 4 heteroatoms. The van der Waals surface area contributed by atoms with Crippen LogP contribution < -0.4 is 5.32 Å². The molecule has 4 nitrogen and oxygen atoms in total. The smallest absolute Gasteiger partial charge is 0.407 e. The topological polar surface area (TPSA) is 41.6 Å². The molecule has 1 N–H and O–H groups in total. The Balaban J connectivity index is 2.30. The molecular weight excluding hydrogens is 240 g/mol. The molecule has 1 amide bonds. The van der Waals surface area contributed by atoms with E-state index in [0.29, 0.717) is 19.1 Å². The summed E-state index contributed by atoms with van der Waals surface area (Å²) < 4.78 is 5.14. The molecule has 0 aromatic heterocycles.